The number of nitrogens with zero attached hydrogens (tertiary/aromatic N) is 7. The van der Waals surface area contributed by atoms with Gasteiger partial charge in [0.25, 0.3) is 0 Å². The number of halogens is 3. The maximum atomic E-state index is 13.0. The number of aromatic nitrogens is 7. The van der Waals surface area contributed by atoms with Gasteiger partial charge in [-0.2, -0.15) is 19.0 Å². The van der Waals surface area contributed by atoms with E-state index >= 15 is 0 Å². The van der Waals surface area contributed by atoms with E-state index in [4.69, 9.17) is 22.1 Å². The third-order valence-electron chi connectivity index (χ3n) is 5.22. The third kappa shape index (κ3) is 5.48. The summed E-state index contributed by atoms with van der Waals surface area (Å²) < 4.78 is 34.2. The molecule has 0 unspecified atom stereocenters. The van der Waals surface area contributed by atoms with Crippen molar-refractivity contribution >= 4 is 23.1 Å². The fraction of sp³-hybridized carbons (Fsp3) is 0.318. The molecule has 4 aromatic rings. The Kier molecular flexibility index (Phi) is 7.10. The van der Waals surface area contributed by atoms with Crippen molar-refractivity contribution in [3.05, 3.63) is 47.6 Å². The minimum Gasteiger partial charge on any atom is -0.477 e. The van der Waals surface area contributed by atoms with Crippen LogP contribution in [0.4, 0.5) is 20.3 Å². The Balaban J connectivity index is 1.46. The topological polar surface area (TPSA) is 122 Å². The third-order valence-corrected chi connectivity index (χ3v) is 5.42. The quantitative estimate of drug-likeness (QED) is 0.323. The molecule has 13 heteroatoms. The minimum atomic E-state index is -2.73. The molecule has 0 spiro atoms. The van der Waals surface area contributed by atoms with E-state index in [9.17, 15) is 8.78 Å². The van der Waals surface area contributed by atoms with Crippen molar-refractivity contribution in [2.45, 2.75) is 32.9 Å². The molecule has 0 aliphatic carbocycles. The van der Waals surface area contributed by atoms with Crippen LogP contribution in [0.25, 0.3) is 22.6 Å². The predicted octanol–water partition coefficient (Wildman–Crippen LogP) is 4.34. The first-order valence-electron chi connectivity index (χ1n) is 10.7. The Morgan fingerprint density at radius 3 is 2.74 bits per heavy atom. The van der Waals surface area contributed by atoms with Gasteiger partial charge < -0.3 is 15.8 Å². The van der Waals surface area contributed by atoms with Gasteiger partial charge in [-0.1, -0.05) is 11.6 Å². The monoisotopic (exact) mass is 503 g/mol. The summed E-state index contributed by atoms with van der Waals surface area (Å²) in [5.74, 6) is 1.33. The summed E-state index contributed by atoms with van der Waals surface area (Å²) in [5, 5.41) is 12.0. The van der Waals surface area contributed by atoms with Crippen molar-refractivity contribution in [2.75, 3.05) is 17.7 Å². The normalized spacial score (nSPS) is 12.2. The highest BCUT2D eigenvalue weighted by Gasteiger charge is 2.20. The second kappa shape index (κ2) is 10.2. The summed E-state index contributed by atoms with van der Waals surface area (Å²) in [5.41, 5.74) is 8.76. The van der Waals surface area contributed by atoms with Crippen LogP contribution in [-0.4, -0.2) is 47.2 Å². The average Bonchev–Trinajstić information content (AvgIpc) is 3.39. The summed E-state index contributed by atoms with van der Waals surface area (Å²) in [4.78, 5) is 12.6. The molecule has 0 aliphatic heterocycles. The van der Waals surface area contributed by atoms with Crippen molar-refractivity contribution in [1.82, 2.24) is 34.5 Å². The molecule has 10 nitrogen and oxygen atoms in total. The van der Waals surface area contributed by atoms with Crippen LogP contribution in [0.1, 0.15) is 25.6 Å². The molecule has 4 aromatic heterocycles. The Labute approximate surface area is 205 Å². The zero-order chi connectivity index (χ0) is 25.1. The number of nitrogens with two attached hydrogens (primary N) is 1. The molecule has 0 saturated carbocycles. The number of hydrogen-bond acceptors (Lipinski definition) is 8. The van der Waals surface area contributed by atoms with Gasteiger partial charge in [0.2, 0.25) is 5.88 Å². The van der Waals surface area contributed by atoms with E-state index in [1.54, 1.807) is 30.1 Å². The maximum Gasteiger partial charge on any atom is 0.333 e. The molecule has 184 valence electrons. The smallest absolute Gasteiger partial charge is 0.333 e. The molecule has 0 fully saturated rings. The molecule has 1 atom stereocenters. The molecule has 4 heterocycles. The van der Waals surface area contributed by atoms with Crippen LogP contribution in [0, 0.1) is 6.92 Å². The summed E-state index contributed by atoms with van der Waals surface area (Å²) in [6.07, 6.45) is 4.91. The number of aryl methyl sites for hydroxylation is 2. The van der Waals surface area contributed by atoms with Crippen molar-refractivity contribution < 1.29 is 13.5 Å². The molecule has 0 saturated heterocycles. The first-order valence-corrected chi connectivity index (χ1v) is 11.1. The largest absolute Gasteiger partial charge is 0.477 e. The van der Waals surface area contributed by atoms with Crippen molar-refractivity contribution in [1.29, 1.82) is 0 Å². The summed E-state index contributed by atoms with van der Waals surface area (Å²) in [7, 11) is 1.78. The molecule has 0 bridgehead atoms. The van der Waals surface area contributed by atoms with Gasteiger partial charge in [-0.3, -0.25) is 0 Å². The van der Waals surface area contributed by atoms with Crippen LogP contribution in [0.5, 0.6) is 5.88 Å². The molecule has 3 N–H and O–H groups in total. The fourth-order valence-electron chi connectivity index (χ4n) is 3.57. The number of anilines is 2. The van der Waals surface area contributed by atoms with Crippen LogP contribution >= 0.6 is 11.6 Å². The van der Waals surface area contributed by atoms with Gasteiger partial charge >= 0.3 is 6.55 Å². The lowest BCUT2D eigenvalue weighted by Crippen LogP contribution is -2.19. The number of ether oxygens (including phenoxy) is 1. The fourth-order valence-corrected chi connectivity index (χ4v) is 3.72. The Hall–Kier alpha value is -3.80. The molecule has 35 heavy (non-hydrogen) atoms. The molecule has 0 amide bonds. The van der Waals surface area contributed by atoms with Gasteiger partial charge in [-0.05, 0) is 32.0 Å². The van der Waals surface area contributed by atoms with Crippen molar-refractivity contribution in [2.24, 2.45) is 7.05 Å². The molecule has 0 aromatic carbocycles. The number of hydrogen-bond donors (Lipinski definition) is 2. The zero-order valence-corrected chi connectivity index (χ0v) is 20.0. The van der Waals surface area contributed by atoms with E-state index in [2.05, 4.69) is 30.5 Å². The predicted molar refractivity (Wildman–Crippen MR) is 128 cm³/mol. The second-order valence-corrected chi connectivity index (χ2v) is 8.28. The highest BCUT2D eigenvalue weighted by molar-refractivity contribution is 6.29. The Morgan fingerprint density at radius 2 is 2.03 bits per heavy atom. The summed E-state index contributed by atoms with van der Waals surface area (Å²) in [6, 6.07) is 4.68. The van der Waals surface area contributed by atoms with Gasteiger partial charge in [-0.25, -0.2) is 24.3 Å². The van der Waals surface area contributed by atoms with E-state index < -0.39 is 6.55 Å². The molecule has 4 rings (SSSR count). The van der Waals surface area contributed by atoms with Gasteiger partial charge in [0.15, 0.2) is 5.82 Å². The zero-order valence-electron chi connectivity index (χ0n) is 19.3. The van der Waals surface area contributed by atoms with Crippen LogP contribution < -0.4 is 15.8 Å². The van der Waals surface area contributed by atoms with Gasteiger partial charge in [-0.15, -0.1) is 0 Å². The van der Waals surface area contributed by atoms with E-state index in [0.717, 1.165) is 5.69 Å². The van der Waals surface area contributed by atoms with E-state index in [1.165, 1.54) is 18.5 Å². The molecule has 0 aliphatic rings. The standard InChI is InChI=1S/C22H24ClF2N9O/c1-12(29-16-10-17(23)28-11-14(16)15-5-8-34(32-15)22(24)25)6-9-35-21-19(13(2)31-33(21)3)20-27-7-4-18(26)30-20/h4-5,7-8,10-12,22H,6,9H2,1-3H3,(H,28,29)(H2,26,27,30)/t12-/m0/s1. The second-order valence-electron chi connectivity index (χ2n) is 7.89. The summed E-state index contributed by atoms with van der Waals surface area (Å²) >= 11 is 6.08. The Bertz CT molecular complexity index is 1320. The van der Waals surface area contributed by atoms with Crippen LogP contribution in [0.3, 0.4) is 0 Å². The highest BCUT2D eigenvalue weighted by atomic mass is 35.5. The number of rotatable bonds is 9. The SMILES string of the molecule is Cc1nn(C)c(OCC[C@H](C)Nc2cc(Cl)ncc2-c2ccn(C(F)F)n2)c1-c1nccc(N)n1. The van der Waals surface area contributed by atoms with E-state index in [-0.39, 0.29) is 11.2 Å². The lowest BCUT2D eigenvalue weighted by atomic mass is 10.1. The first-order chi connectivity index (χ1) is 16.7. The van der Waals surface area contributed by atoms with Gasteiger partial charge in [0.05, 0.1) is 18.0 Å². The van der Waals surface area contributed by atoms with Crippen molar-refractivity contribution in [3.63, 3.8) is 0 Å². The average molecular weight is 504 g/mol. The van der Waals surface area contributed by atoms with Gasteiger partial charge in [0.1, 0.15) is 16.5 Å². The van der Waals surface area contributed by atoms with Gasteiger partial charge in [0, 0.05) is 49.4 Å². The number of nitrogen functional groups attached to an aromatic ring is 1. The number of nitrogens with one attached hydrogen (secondary N) is 1. The van der Waals surface area contributed by atoms with Crippen LogP contribution in [0.2, 0.25) is 5.15 Å². The lowest BCUT2D eigenvalue weighted by Gasteiger charge is -2.18. The maximum absolute atomic E-state index is 13.0. The Morgan fingerprint density at radius 1 is 1.23 bits per heavy atom. The van der Waals surface area contributed by atoms with E-state index in [1.807, 2.05) is 13.8 Å². The molecule has 0 radical (unpaired) electrons. The first kappa shape index (κ1) is 24.3. The summed E-state index contributed by atoms with van der Waals surface area (Å²) in [6.45, 7) is 1.45. The number of pyridine rings is 1. The number of alkyl halides is 2. The highest BCUT2D eigenvalue weighted by Crippen LogP contribution is 2.32. The van der Waals surface area contributed by atoms with Crippen LogP contribution in [0.15, 0.2) is 36.8 Å². The van der Waals surface area contributed by atoms with E-state index in [0.29, 0.717) is 57.7 Å². The minimum absolute atomic E-state index is 0.0641. The molecular formula is C22H24ClF2N9O. The van der Waals surface area contributed by atoms with Crippen molar-refractivity contribution in [3.8, 4) is 28.5 Å². The molecular weight excluding hydrogens is 480 g/mol. The van der Waals surface area contributed by atoms with Crippen LogP contribution in [-0.2, 0) is 7.05 Å². The lowest BCUT2D eigenvalue weighted by molar-refractivity contribution is 0.0568.